The molecule has 0 bridgehead atoms. The summed E-state index contributed by atoms with van der Waals surface area (Å²) in [6.07, 6.45) is 4.39. The third kappa shape index (κ3) is 29.0. The van der Waals surface area contributed by atoms with Crippen molar-refractivity contribution < 1.29 is 41.7 Å². The van der Waals surface area contributed by atoms with Gasteiger partial charge in [0.2, 0.25) is 0 Å². The van der Waals surface area contributed by atoms with Gasteiger partial charge in [0.25, 0.3) is 0 Å². The van der Waals surface area contributed by atoms with Crippen LogP contribution < -0.4 is 16.0 Å². The van der Waals surface area contributed by atoms with Crippen LogP contribution in [0.25, 0.3) is 0 Å². The van der Waals surface area contributed by atoms with Crippen LogP contribution in [0.5, 0.6) is 0 Å². The fourth-order valence-electron chi connectivity index (χ4n) is 14.6. The summed E-state index contributed by atoms with van der Waals surface area (Å²) in [5.41, 5.74) is 9.30. The highest BCUT2D eigenvalue weighted by Gasteiger charge is 2.25. The van der Waals surface area contributed by atoms with Crippen molar-refractivity contribution in [1.29, 1.82) is 0 Å². The number of piperazine rings is 3. The molecule has 109 heavy (non-hydrogen) atoms. The topological polar surface area (TPSA) is 116 Å². The van der Waals surface area contributed by atoms with E-state index in [1.165, 1.54) is 78.4 Å². The van der Waals surface area contributed by atoms with E-state index in [0.717, 1.165) is 188 Å². The van der Waals surface area contributed by atoms with Crippen LogP contribution in [0, 0.1) is 34.9 Å². The number of anilines is 2. The number of hydrogen-bond acceptors (Lipinski definition) is 12. The van der Waals surface area contributed by atoms with Crippen molar-refractivity contribution in [2.45, 2.75) is 81.1 Å². The van der Waals surface area contributed by atoms with Crippen LogP contribution in [0.1, 0.15) is 95.2 Å². The van der Waals surface area contributed by atoms with Crippen molar-refractivity contribution in [1.82, 2.24) is 34.7 Å². The van der Waals surface area contributed by atoms with Gasteiger partial charge in [0.1, 0.15) is 34.9 Å². The summed E-state index contributed by atoms with van der Waals surface area (Å²) in [5, 5.41) is 42.9. The molecular formula is C88H104Cl3F6N9O3. The van der Waals surface area contributed by atoms with Gasteiger partial charge in [0.05, 0.1) is 28.4 Å². The Labute approximate surface area is 655 Å². The Morgan fingerprint density at radius 1 is 0.312 bits per heavy atom. The Morgan fingerprint density at radius 3 is 0.908 bits per heavy atom. The molecule has 0 spiro atoms. The summed E-state index contributed by atoms with van der Waals surface area (Å²) in [4.78, 5) is 14.3. The van der Waals surface area contributed by atoms with E-state index in [9.17, 15) is 41.7 Å². The molecule has 3 aliphatic rings. The van der Waals surface area contributed by atoms with E-state index < -0.39 is 12.2 Å². The van der Waals surface area contributed by atoms with Gasteiger partial charge in [-0.05, 0) is 212 Å². The minimum atomic E-state index is -0.492. The average Bonchev–Trinajstić information content (AvgIpc) is 0.867. The van der Waals surface area contributed by atoms with Gasteiger partial charge in [-0.1, -0.05) is 138 Å². The Bertz CT molecular complexity index is 3900. The number of nitrogens with one attached hydrogen (secondary N) is 3. The zero-order valence-corrected chi connectivity index (χ0v) is 64.2. The van der Waals surface area contributed by atoms with Crippen LogP contribution in [0.15, 0.2) is 218 Å². The molecule has 0 aliphatic carbocycles. The maximum absolute atomic E-state index is 13.5. The zero-order valence-electron chi connectivity index (χ0n) is 62.0. The Hall–Kier alpha value is -7.37. The summed E-state index contributed by atoms with van der Waals surface area (Å²) >= 11 is 17.9. The van der Waals surface area contributed by atoms with Crippen molar-refractivity contribution >= 4 is 46.2 Å². The molecule has 9 aromatic rings. The van der Waals surface area contributed by atoms with Crippen LogP contribution in [-0.2, 0) is 6.54 Å². The number of hydrogen-bond donors (Lipinski definition) is 6. The monoisotopic (exact) mass is 1550 g/mol. The lowest BCUT2D eigenvalue weighted by atomic mass is 9.87. The van der Waals surface area contributed by atoms with E-state index in [1.54, 1.807) is 12.1 Å². The standard InChI is InChI=1S/C30H37F2N3O.C29H33Cl2F2N3O.C29H34ClF2N3O/c31-27-12-8-25(9-13-27)30(26-10-14-28(32)15-11-26)7-4-16-34-17-19-35(20-18-34)23-29(36)22-33-21-24-5-2-1-3-6-24;30-28-12-11-25(18-29(28)31)34-19-26(37)20-36-16-14-35(15-17-36)13-1-2-27(21-3-7-23(32)8-4-21)22-5-9-24(33)10-6-22;30-24-7-13-27(14-8-24)33-20-28(36)21-35-18-16-34(17-19-35)15-1-2-29(22-3-9-25(31)10-4-22)23-5-11-26(32)12-6-23/h1-3,5-6,8-15,29-30,33,36H,4,7,16-23H2;3-12,18,26-27,34,37H,1-2,13-17,19-20H2;3-14,28-29,33,36H,1-2,15-21H2. The van der Waals surface area contributed by atoms with E-state index in [0.29, 0.717) is 54.3 Å². The predicted molar refractivity (Wildman–Crippen MR) is 431 cm³/mol. The lowest BCUT2D eigenvalue weighted by molar-refractivity contribution is 0.0717. The molecule has 3 unspecified atom stereocenters. The van der Waals surface area contributed by atoms with E-state index in [-0.39, 0.29) is 58.8 Å². The number of benzene rings is 9. The van der Waals surface area contributed by atoms with E-state index in [1.807, 2.05) is 121 Å². The molecule has 0 amide bonds. The minimum Gasteiger partial charge on any atom is -0.390 e. The molecule has 21 heteroatoms. The van der Waals surface area contributed by atoms with E-state index in [2.05, 4.69) is 57.5 Å². The van der Waals surface area contributed by atoms with E-state index in [4.69, 9.17) is 34.8 Å². The predicted octanol–water partition coefficient (Wildman–Crippen LogP) is 16.5. The first kappa shape index (κ1) is 84.1. The molecule has 3 aliphatic heterocycles. The number of rotatable bonds is 34. The van der Waals surface area contributed by atoms with Gasteiger partial charge in [0.15, 0.2) is 0 Å². The third-order valence-electron chi connectivity index (χ3n) is 20.7. The molecule has 3 atom stereocenters. The fourth-order valence-corrected chi connectivity index (χ4v) is 15.0. The van der Waals surface area contributed by atoms with Crippen LogP contribution >= 0.6 is 34.8 Å². The molecule has 12 nitrogen and oxygen atoms in total. The van der Waals surface area contributed by atoms with Gasteiger partial charge in [-0.3, -0.25) is 14.7 Å². The van der Waals surface area contributed by atoms with E-state index >= 15 is 0 Å². The minimum absolute atomic E-state index is 0.0978. The van der Waals surface area contributed by atoms with Gasteiger partial charge in [-0.25, -0.2) is 26.3 Å². The highest BCUT2D eigenvalue weighted by molar-refractivity contribution is 6.42. The fraction of sp³-hybridized carbons (Fsp3) is 0.386. The van der Waals surface area contributed by atoms with Gasteiger partial charge < -0.3 is 46.0 Å². The number of aliphatic hydroxyl groups is 3. The van der Waals surface area contributed by atoms with Crippen LogP contribution in [0.2, 0.25) is 15.1 Å². The summed E-state index contributed by atoms with van der Waals surface area (Å²) in [6.45, 7) is 18.6. The SMILES string of the molecule is OC(CNCc1ccccc1)CN1CCN(CCCC(c2ccc(F)cc2)c2ccc(F)cc2)CC1.OC(CNc1ccc(Cl)c(Cl)c1)CN1CCN(CCCC(c2ccc(F)cc2)c2ccc(F)cc2)CC1.OC(CNc1ccc(Cl)cc1)CN1CCN(CCCC(c2ccc(F)cc2)c2ccc(F)cc2)CC1. The summed E-state index contributed by atoms with van der Waals surface area (Å²) in [5.74, 6) is -1.18. The van der Waals surface area contributed by atoms with Gasteiger partial charge in [-0.15, -0.1) is 0 Å². The van der Waals surface area contributed by atoms with Crippen molar-refractivity contribution in [3.63, 3.8) is 0 Å². The lowest BCUT2D eigenvalue weighted by Gasteiger charge is -2.36. The maximum atomic E-state index is 13.5. The Kier molecular flexibility index (Phi) is 34.4. The first-order valence-corrected chi connectivity index (χ1v) is 39.4. The molecule has 6 N–H and O–H groups in total. The molecule has 582 valence electrons. The second-order valence-corrected chi connectivity index (χ2v) is 30.0. The highest BCUT2D eigenvalue weighted by Crippen LogP contribution is 2.34. The first-order chi connectivity index (χ1) is 52.9. The summed E-state index contributed by atoms with van der Waals surface area (Å²) < 4.78 is 80.8. The summed E-state index contributed by atoms with van der Waals surface area (Å²) in [7, 11) is 0. The highest BCUT2D eigenvalue weighted by atomic mass is 35.5. The quantitative estimate of drug-likeness (QED) is 0.0216. The number of halogens is 9. The van der Waals surface area contributed by atoms with Crippen LogP contribution in [0.4, 0.5) is 37.7 Å². The number of aliphatic hydroxyl groups excluding tert-OH is 3. The van der Waals surface area contributed by atoms with Crippen molar-refractivity contribution in [3.05, 3.63) is 307 Å². The molecule has 3 heterocycles. The smallest absolute Gasteiger partial charge is 0.123 e. The first-order valence-electron chi connectivity index (χ1n) is 38.2. The Morgan fingerprint density at radius 2 is 0.596 bits per heavy atom. The van der Waals surface area contributed by atoms with Gasteiger partial charge in [0, 0.05) is 159 Å². The second-order valence-electron chi connectivity index (χ2n) is 28.8. The van der Waals surface area contributed by atoms with Gasteiger partial charge in [-0.2, -0.15) is 0 Å². The van der Waals surface area contributed by atoms with Crippen molar-refractivity contribution in [2.24, 2.45) is 0 Å². The molecular weight excluding hydrogens is 1450 g/mol. The zero-order chi connectivity index (χ0) is 76.7. The van der Waals surface area contributed by atoms with Crippen molar-refractivity contribution in [2.75, 3.05) is 148 Å². The third-order valence-corrected chi connectivity index (χ3v) is 21.7. The largest absolute Gasteiger partial charge is 0.390 e. The lowest BCUT2D eigenvalue weighted by Crippen LogP contribution is -2.49. The molecule has 3 saturated heterocycles. The molecule has 0 aromatic heterocycles. The molecule has 3 fully saturated rings. The molecule has 0 saturated carbocycles. The maximum Gasteiger partial charge on any atom is 0.123 e. The Balaban J connectivity index is 0.000000174. The second kappa shape index (κ2) is 44.6. The summed E-state index contributed by atoms with van der Waals surface area (Å²) in [6, 6.07) is 62.9. The van der Waals surface area contributed by atoms with Crippen LogP contribution in [0.3, 0.4) is 0 Å². The molecule has 9 aromatic carbocycles. The normalized spacial score (nSPS) is 15.8. The van der Waals surface area contributed by atoms with Crippen LogP contribution in [-0.4, -0.2) is 200 Å². The molecule has 12 rings (SSSR count). The number of nitrogens with zero attached hydrogens (tertiary/aromatic N) is 6. The average molecular weight is 1560 g/mol. The van der Waals surface area contributed by atoms with Gasteiger partial charge >= 0.3 is 0 Å². The number of β-amino-alcohol motifs (C(OH)–C–C–N with tert-alkyl or cyclic N) is 3. The van der Waals surface area contributed by atoms with Crippen molar-refractivity contribution in [3.8, 4) is 0 Å². The molecule has 0 radical (unpaired) electrons.